The first-order chi connectivity index (χ1) is 14.9. The average Bonchev–Trinajstić information content (AvgIpc) is 3.26. The fourth-order valence-electron chi connectivity index (χ4n) is 4.29. The highest BCUT2D eigenvalue weighted by atomic mass is 32.1. The maximum Gasteiger partial charge on any atom is 0.254 e. The molecule has 2 atom stereocenters. The number of carbonyl (C=O) groups is 2. The van der Waals surface area contributed by atoms with Crippen molar-refractivity contribution in [3.8, 4) is 0 Å². The molecule has 0 spiro atoms. The van der Waals surface area contributed by atoms with Crippen LogP contribution in [0.25, 0.3) is 0 Å². The van der Waals surface area contributed by atoms with Gasteiger partial charge >= 0.3 is 0 Å². The zero-order valence-electron chi connectivity index (χ0n) is 18.4. The second kappa shape index (κ2) is 8.67. The number of hydrogen-bond acceptors (Lipinski definition) is 3. The Labute approximate surface area is 187 Å². The molecule has 0 bridgehead atoms. The summed E-state index contributed by atoms with van der Waals surface area (Å²) in [5.74, 6) is -0.277. The largest absolute Gasteiger partial charge is 0.329 e. The number of thiophene rings is 1. The molecule has 160 valence electrons. The second-order valence-electron chi connectivity index (χ2n) is 8.66. The number of fused-ring (bicyclic) bond motifs is 1. The van der Waals surface area contributed by atoms with Crippen molar-refractivity contribution >= 4 is 28.8 Å². The van der Waals surface area contributed by atoms with Crippen LogP contribution in [0.5, 0.6) is 0 Å². The molecule has 1 aliphatic rings. The third-order valence-corrected chi connectivity index (χ3v) is 6.84. The molecule has 1 aromatic heterocycles. The first kappa shape index (κ1) is 21.3. The van der Waals surface area contributed by atoms with E-state index >= 15 is 0 Å². The lowest BCUT2D eigenvalue weighted by Gasteiger charge is -2.42. The Kier molecular flexibility index (Phi) is 5.96. The Bertz CT molecular complexity index is 1100. The summed E-state index contributed by atoms with van der Waals surface area (Å²) in [7, 11) is 0. The molecule has 2 heterocycles. The van der Waals surface area contributed by atoms with Crippen molar-refractivity contribution in [1.82, 2.24) is 4.90 Å². The minimum absolute atomic E-state index is 0.00192. The van der Waals surface area contributed by atoms with Gasteiger partial charge in [-0.15, -0.1) is 11.3 Å². The van der Waals surface area contributed by atoms with Crippen LogP contribution in [0.3, 0.4) is 0 Å². The molecule has 0 fully saturated rings. The van der Waals surface area contributed by atoms with Crippen LogP contribution in [0, 0.1) is 19.8 Å². The van der Waals surface area contributed by atoms with E-state index < -0.39 is 5.92 Å². The summed E-state index contributed by atoms with van der Waals surface area (Å²) in [4.78, 5) is 30.1. The summed E-state index contributed by atoms with van der Waals surface area (Å²) in [6.45, 7) is 8.90. The second-order valence-corrected chi connectivity index (χ2v) is 9.64. The third kappa shape index (κ3) is 4.15. The topological polar surface area (TPSA) is 49.4 Å². The molecule has 31 heavy (non-hydrogen) atoms. The van der Waals surface area contributed by atoms with E-state index in [4.69, 9.17) is 0 Å². The van der Waals surface area contributed by atoms with Gasteiger partial charge in [0.2, 0.25) is 5.91 Å². The van der Waals surface area contributed by atoms with Crippen LogP contribution in [0.4, 0.5) is 5.69 Å². The molecule has 2 aromatic carbocycles. The zero-order chi connectivity index (χ0) is 22.1. The summed E-state index contributed by atoms with van der Waals surface area (Å²) < 4.78 is 0. The van der Waals surface area contributed by atoms with Crippen molar-refractivity contribution in [1.29, 1.82) is 0 Å². The first-order valence-corrected chi connectivity index (χ1v) is 11.6. The van der Waals surface area contributed by atoms with Crippen molar-refractivity contribution in [3.05, 3.63) is 87.1 Å². The van der Waals surface area contributed by atoms with Crippen LogP contribution in [0.15, 0.2) is 60.0 Å². The van der Waals surface area contributed by atoms with Crippen LogP contribution in [0.2, 0.25) is 0 Å². The molecule has 2 amide bonds. The quantitative estimate of drug-likeness (QED) is 0.542. The molecule has 0 aliphatic carbocycles. The molecule has 4 rings (SSSR count). The van der Waals surface area contributed by atoms with Gasteiger partial charge in [-0.05, 0) is 66.1 Å². The van der Waals surface area contributed by atoms with Gasteiger partial charge < -0.3 is 10.2 Å². The van der Waals surface area contributed by atoms with Gasteiger partial charge in [0.15, 0.2) is 0 Å². The lowest BCUT2D eigenvalue weighted by Crippen LogP contribution is -2.47. The molecule has 1 aliphatic heterocycles. The summed E-state index contributed by atoms with van der Waals surface area (Å²) in [5, 5.41) is 5.14. The van der Waals surface area contributed by atoms with E-state index in [2.05, 4.69) is 26.1 Å². The normalized spacial score (nSPS) is 18.2. The Hall–Kier alpha value is -2.92. The smallest absolute Gasteiger partial charge is 0.254 e. The number of benzene rings is 2. The summed E-state index contributed by atoms with van der Waals surface area (Å²) in [6.07, 6.45) is 0. The molecular formula is C26H28N2O2S. The molecule has 0 radical (unpaired) electrons. The Morgan fingerprint density at radius 2 is 1.84 bits per heavy atom. The number of rotatable bonds is 5. The predicted octanol–water partition coefficient (Wildman–Crippen LogP) is 5.94. The van der Waals surface area contributed by atoms with Crippen molar-refractivity contribution in [2.24, 2.45) is 5.92 Å². The summed E-state index contributed by atoms with van der Waals surface area (Å²) >= 11 is 1.59. The predicted molar refractivity (Wildman–Crippen MR) is 127 cm³/mol. The van der Waals surface area contributed by atoms with E-state index in [1.807, 2.05) is 71.8 Å². The van der Waals surface area contributed by atoms with E-state index in [0.29, 0.717) is 18.0 Å². The molecule has 0 saturated carbocycles. The molecule has 0 unspecified atom stereocenters. The number of nitrogens with one attached hydrogen (secondary N) is 1. The van der Waals surface area contributed by atoms with Gasteiger partial charge in [-0.25, -0.2) is 0 Å². The monoisotopic (exact) mass is 432 g/mol. The summed E-state index contributed by atoms with van der Waals surface area (Å²) in [6, 6.07) is 17.2. The Balaban J connectivity index is 1.81. The molecule has 5 heteroatoms. The van der Waals surface area contributed by atoms with Crippen LogP contribution >= 0.6 is 11.3 Å². The lowest BCUT2D eigenvalue weighted by molar-refractivity contribution is -0.119. The van der Waals surface area contributed by atoms with Gasteiger partial charge in [0.1, 0.15) is 0 Å². The van der Waals surface area contributed by atoms with Gasteiger partial charge in [-0.1, -0.05) is 44.2 Å². The lowest BCUT2D eigenvalue weighted by atomic mass is 9.81. The van der Waals surface area contributed by atoms with Gasteiger partial charge in [0.25, 0.3) is 5.91 Å². The standard InChI is InChI=1S/C26H28N2O2S/c1-16(2)15-28-24(22-10-7-13-31-22)23(20-8-5-6-9-21(20)26(28)30)25(29)27-19-12-11-17(3)18(4)14-19/h5-14,16,23-24H,15H2,1-4H3,(H,27,29)/t23-,24+/m1/s1. The number of anilines is 1. The van der Waals surface area contributed by atoms with Crippen LogP contribution in [0.1, 0.15) is 57.7 Å². The van der Waals surface area contributed by atoms with Gasteiger partial charge in [-0.3, -0.25) is 9.59 Å². The highest BCUT2D eigenvalue weighted by Gasteiger charge is 2.44. The van der Waals surface area contributed by atoms with Crippen molar-refractivity contribution < 1.29 is 9.59 Å². The highest BCUT2D eigenvalue weighted by Crippen LogP contribution is 2.45. The SMILES string of the molecule is Cc1ccc(NC(=O)[C@@H]2c3ccccc3C(=O)N(CC(C)C)[C@H]2c2cccs2)cc1C. The molecular weight excluding hydrogens is 404 g/mol. The minimum Gasteiger partial charge on any atom is -0.329 e. The maximum atomic E-state index is 13.7. The zero-order valence-corrected chi connectivity index (χ0v) is 19.2. The van der Waals surface area contributed by atoms with Crippen LogP contribution in [-0.4, -0.2) is 23.3 Å². The van der Waals surface area contributed by atoms with Crippen molar-refractivity contribution in [3.63, 3.8) is 0 Å². The fraction of sp³-hybridized carbons (Fsp3) is 0.308. The first-order valence-electron chi connectivity index (χ1n) is 10.7. The van der Waals surface area contributed by atoms with Gasteiger partial charge in [0.05, 0.1) is 12.0 Å². The number of aryl methyl sites for hydroxylation is 2. The minimum atomic E-state index is -0.479. The number of hydrogen-bond donors (Lipinski definition) is 1. The molecule has 0 saturated heterocycles. The molecule has 1 N–H and O–H groups in total. The highest BCUT2D eigenvalue weighted by molar-refractivity contribution is 7.10. The van der Waals surface area contributed by atoms with E-state index in [1.165, 1.54) is 5.56 Å². The Morgan fingerprint density at radius 1 is 1.06 bits per heavy atom. The number of nitrogens with zero attached hydrogens (tertiary/aromatic N) is 1. The van der Waals surface area contributed by atoms with Crippen molar-refractivity contribution in [2.75, 3.05) is 11.9 Å². The van der Waals surface area contributed by atoms with Gasteiger partial charge in [-0.2, -0.15) is 0 Å². The third-order valence-electron chi connectivity index (χ3n) is 5.89. The molecule has 4 nitrogen and oxygen atoms in total. The van der Waals surface area contributed by atoms with Crippen LogP contribution < -0.4 is 5.32 Å². The molecule has 3 aromatic rings. The van der Waals surface area contributed by atoms with E-state index in [0.717, 1.165) is 21.7 Å². The fourth-order valence-corrected chi connectivity index (χ4v) is 5.16. The van der Waals surface area contributed by atoms with E-state index in [1.54, 1.807) is 11.3 Å². The average molecular weight is 433 g/mol. The maximum absolute atomic E-state index is 13.7. The van der Waals surface area contributed by atoms with Crippen molar-refractivity contribution in [2.45, 2.75) is 39.7 Å². The van der Waals surface area contributed by atoms with Crippen LogP contribution in [-0.2, 0) is 4.79 Å². The van der Waals surface area contributed by atoms with E-state index in [-0.39, 0.29) is 17.9 Å². The van der Waals surface area contributed by atoms with E-state index in [9.17, 15) is 9.59 Å². The summed E-state index contributed by atoms with van der Waals surface area (Å²) in [5.41, 5.74) is 4.52. The Morgan fingerprint density at radius 3 is 2.52 bits per heavy atom. The number of amides is 2. The van der Waals surface area contributed by atoms with Gasteiger partial charge in [0, 0.05) is 22.7 Å². The number of carbonyl (C=O) groups excluding carboxylic acids is 2.